The lowest BCUT2D eigenvalue weighted by Gasteiger charge is -2.32. The van der Waals surface area contributed by atoms with Crippen LogP contribution >= 0.6 is 11.6 Å². The van der Waals surface area contributed by atoms with Crippen LogP contribution in [-0.4, -0.2) is 23.9 Å². The fourth-order valence-corrected chi connectivity index (χ4v) is 3.41. The van der Waals surface area contributed by atoms with Crippen molar-refractivity contribution in [2.45, 2.75) is 26.2 Å². The number of likely N-dealkylation sites (tertiary alicyclic amines) is 1. The summed E-state index contributed by atoms with van der Waals surface area (Å²) < 4.78 is 0. The monoisotopic (exact) mass is 327 g/mol. The lowest BCUT2D eigenvalue weighted by atomic mass is 9.90. The van der Waals surface area contributed by atoms with Crippen molar-refractivity contribution in [2.24, 2.45) is 5.92 Å². The number of hydrogen-bond donors (Lipinski definition) is 0. The number of amides is 1. The molecular weight excluding hydrogens is 306 g/mol. The van der Waals surface area contributed by atoms with E-state index in [9.17, 15) is 4.79 Å². The fraction of sp³-hybridized carbons (Fsp3) is 0.350. The van der Waals surface area contributed by atoms with Crippen LogP contribution in [0.3, 0.4) is 0 Å². The maximum atomic E-state index is 12.5. The van der Waals surface area contributed by atoms with E-state index in [0.717, 1.165) is 42.9 Å². The highest BCUT2D eigenvalue weighted by Crippen LogP contribution is 2.26. The average molecular weight is 328 g/mol. The van der Waals surface area contributed by atoms with Crippen molar-refractivity contribution in [1.29, 1.82) is 0 Å². The predicted octanol–water partition coefficient (Wildman–Crippen LogP) is 4.74. The Morgan fingerprint density at radius 3 is 2.39 bits per heavy atom. The van der Waals surface area contributed by atoms with E-state index in [0.29, 0.717) is 5.92 Å². The summed E-state index contributed by atoms with van der Waals surface area (Å²) in [4.78, 5) is 14.5. The number of benzene rings is 2. The third-order valence-corrected chi connectivity index (χ3v) is 5.04. The van der Waals surface area contributed by atoms with E-state index in [-0.39, 0.29) is 5.91 Å². The van der Waals surface area contributed by atoms with Crippen molar-refractivity contribution in [3.05, 3.63) is 70.2 Å². The standard InChI is InChI=1S/C20H22ClNO/c1-15-6-8-17(9-7-15)20(23)22-12-10-16(11-13-22)14-18-4-2-3-5-19(18)21/h2-9,16H,10-14H2,1H3. The zero-order valence-electron chi connectivity index (χ0n) is 13.5. The second-order valence-electron chi connectivity index (χ2n) is 6.40. The summed E-state index contributed by atoms with van der Waals surface area (Å²) in [6.45, 7) is 3.71. The number of aryl methyl sites for hydroxylation is 1. The molecule has 120 valence electrons. The largest absolute Gasteiger partial charge is 0.339 e. The predicted molar refractivity (Wildman–Crippen MR) is 95.0 cm³/mol. The molecule has 0 spiro atoms. The minimum atomic E-state index is 0.154. The van der Waals surface area contributed by atoms with Crippen LogP contribution in [0.5, 0.6) is 0 Å². The summed E-state index contributed by atoms with van der Waals surface area (Å²) in [5, 5.41) is 0.852. The number of rotatable bonds is 3. The van der Waals surface area contributed by atoms with Gasteiger partial charge in [-0.25, -0.2) is 0 Å². The molecule has 2 aromatic carbocycles. The second-order valence-corrected chi connectivity index (χ2v) is 6.80. The van der Waals surface area contributed by atoms with Gasteiger partial charge in [-0.3, -0.25) is 4.79 Å². The van der Waals surface area contributed by atoms with Gasteiger partial charge in [-0.1, -0.05) is 47.5 Å². The van der Waals surface area contributed by atoms with Crippen LogP contribution in [-0.2, 0) is 6.42 Å². The van der Waals surface area contributed by atoms with Gasteiger partial charge >= 0.3 is 0 Å². The molecule has 0 N–H and O–H groups in total. The molecule has 0 radical (unpaired) electrons. The zero-order valence-corrected chi connectivity index (χ0v) is 14.2. The Hall–Kier alpha value is -1.80. The van der Waals surface area contributed by atoms with Crippen molar-refractivity contribution >= 4 is 17.5 Å². The molecule has 23 heavy (non-hydrogen) atoms. The summed E-state index contributed by atoms with van der Waals surface area (Å²) in [6.07, 6.45) is 3.10. The molecule has 2 aromatic rings. The summed E-state index contributed by atoms with van der Waals surface area (Å²) in [6, 6.07) is 15.9. The summed E-state index contributed by atoms with van der Waals surface area (Å²) >= 11 is 6.25. The Morgan fingerprint density at radius 2 is 1.74 bits per heavy atom. The molecule has 1 heterocycles. The van der Waals surface area contributed by atoms with Crippen LogP contribution in [0.2, 0.25) is 5.02 Å². The van der Waals surface area contributed by atoms with Crippen molar-refractivity contribution in [3.63, 3.8) is 0 Å². The Kier molecular flexibility index (Phi) is 5.02. The van der Waals surface area contributed by atoms with Crippen molar-refractivity contribution in [3.8, 4) is 0 Å². The van der Waals surface area contributed by atoms with Crippen LogP contribution in [0.4, 0.5) is 0 Å². The van der Waals surface area contributed by atoms with Crippen LogP contribution < -0.4 is 0 Å². The van der Waals surface area contributed by atoms with E-state index in [1.54, 1.807) is 0 Å². The SMILES string of the molecule is Cc1ccc(C(=O)N2CCC(Cc3ccccc3Cl)CC2)cc1. The van der Waals surface area contributed by atoms with Gasteiger partial charge in [0.25, 0.3) is 5.91 Å². The van der Waals surface area contributed by atoms with Crippen molar-refractivity contribution in [1.82, 2.24) is 4.90 Å². The maximum Gasteiger partial charge on any atom is 0.253 e. The first kappa shape index (κ1) is 16.1. The molecule has 0 unspecified atom stereocenters. The third-order valence-electron chi connectivity index (χ3n) is 4.67. The highest BCUT2D eigenvalue weighted by Gasteiger charge is 2.24. The molecule has 0 aromatic heterocycles. The average Bonchev–Trinajstić information content (AvgIpc) is 2.58. The Bertz CT molecular complexity index is 672. The molecular formula is C20H22ClNO. The number of carbonyl (C=O) groups excluding carboxylic acids is 1. The minimum Gasteiger partial charge on any atom is -0.339 e. The van der Waals surface area contributed by atoms with Crippen LogP contribution in [0.25, 0.3) is 0 Å². The van der Waals surface area contributed by atoms with Gasteiger partial charge in [-0.15, -0.1) is 0 Å². The van der Waals surface area contributed by atoms with Crippen molar-refractivity contribution < 1.29 is 4.79 Å². The first-order valence-electron chi connectivity index (χ1n) is 8.23. The highest BCUT2D eigenvalue weighted by atomic mass is 35.5. The lowest BCUT2D eigenvalue weighted by molar-refractivity contribution is 0.0690. The molecule has 0 aliphatic carbocycles. The molecule has 1 aliphatic rings. The Balaban J connectivity index is 1.57. The molecule has 2 nitrogen and oxygen atoms in total. The van der Waals surface area contributed by atoms with Gasteiger partial charge in [0.2, 0.25) is 0 Å². The molecule has 1 amide bonds. The van der Waals surface area contributed by atoms with E-state index in [2.05, 4.69) is 6.07 Å². The van der Waals surface area contributed by atoms with Crippen LogP contribution in [0.15, 0.2) is 48.5 Å². The van der Waals surface area contributed by atoms with Gasteiger partial charge in [0, 0.05) is 23.7 Å². The van der Waals surface area contributed by atoms with E-state index in [4.69, 9.17) is 11.6 Å². The normalized spacial score (nSPS) is 15.7. The Morgan fingerprint density at radius 1 is 1.09 bits per heavy atom. The second kappa shape index (κ2) is 7.18. The molecule has 0 saturated carbocycles. The van der Waals surface area contributed by atoms with E-state index in [1.807, 2.05) is 54.3 Å². The van der Waals surface area contributed by atoms with Gasteiger partial charge in [0.05, 0.1) is 0 Å². The summed E-state index contributed by atoms with van der Waals surface area (Å²) in [5.41, 5.74) is 3.19. The molecule has 3 heteroatoms. The summed E-state index contributed by atoms with van der Waals surface area (Å²) in [5.74, 6) is 0.762. The smallest absolute Gasteiger partial charge is 0.253 e. The van der Waals surface area contributed by atoms with Crippen LogP contribution in [0.1, 0.15) is 34.3 Å². The van der Waals surface area contributed by atoms with Gasteiger partial charge in [0.15, 0.2) is 0 Å². The third kappa shape index (κ3) is 3.94. The van der Waals surface area contributed by atoms with Gasteiger partial charge in [-0.2, -0.15) is 0 Å². The zero-order chi connectivity index (χ0) is 16.2. The lowest BCUT2D eigenvalue weighted by Crippen LogP contribution is -2.38. The van der Waals surface area contributed by atoms with Gasteiger partial charge < -0.3 is 4.90 Å². The first-order chi connectivity index (χ1) is 11.1. The van der Waals surface area contributed by atoms with E-state index >= 15 is 0 Å². The van der Waals surface area contributed by atoms with E-state index in [1.165, 1.54) is 11.1 Å². The number of carbonyl (C=O) groups is 1. The minimum absolute atomic E-state index is 0.154. The summed E-state index contributed by atoms with van der Waals surface area (Å²) in [7, 11) is 0. The fourth-order valence-electron chi connectivity index (χ4n) is 3.19. The number of nitrogens with zero attached hydrogens (tertiary/aromatic N) is 1. The van der Waals surface area contributed by atoms with Crippen molar-refractivity contribution in [2.75, 3.05) is 13.1 Å². The molecule has 3 rings (SSSR count). The topological polar surface area (TPSA) is 20.3 Å². The number of hydrogen-bond acceptors (Lipinski definition) is 1. The number of halogens is 1. The molecule has 0 atom stereocenters. The first-order valence-corrected chi connectivity index (χ1v) is 8.60. The quantitative estimate of drug-likeness (QED) is 0.797. The molecule has 0 bridgehead atoms. The molecule has 1 fully saturated rings. The van der Waals surface area contributed by atoms with Gasteiger partial charge in [0.1, 0.15) is 0 Å². The maximum absolute atomic E-state index is 12.5. The van der Waals surface area contributed by atoms with Gasteiger partial charge in [-0.05, 0) is 55.9 Å². The Labute approximate surface area is 143 Å². The molecule has 1 aliphatic heterocycles. The highest BCUT2D eigenvalue weighted by molar-refractivity contribution is 6.31. The van der Waals surface area contributed by atoms with E-state index < -0.39 is 0 Å². The molecule has 1 saturated heterocycles. The number of piperidine rings is 1. The van der Waals surface area contributed by atoms with Crippen LogP contribution in [0, 0.1) is 12.8 Å².